The third-order valence-corrected chi connectivity index (χ3v) is 3.26. The maximum Gasteiger partial charge on any atom is 0.416 e. The van der Waals surface area contributed by atoms with Crippen LogP contribution in [-0.2, 0) is 19.4 Å². The van der Waals surface area contributed by atoms with Crippen LogP contribution < -0.4 is 0 Å². The Morgan fingerprint density at radius 3 is 1.50 bits per heavy atom. The van der Waals surface area contributed by atoms with Crippen molar-refractivity contribution in [1.29, 1.82) is 0 Å². The molecule has 0 unspecified atom stereocenters. The number of fused-ring (bicyclic) bond motifs is 3. The van der Waals surface area contributed by atoms with Crippen molar-refractivity contribution in [2.45, 2.75) is 12.4 Å². The molecule has 0 aliphatic carbocycles. The monoisotopic (exact) mass is 321 g/mol. The lowest BCUT2D eigenvalue weighted by molar-refractivity contribution is -0.138. The van der Waals surface area contributed by atoms with Gasteiger partial charge in [-0.05, 0) is 36.3 Å². The van der Waals surface area contributed by atoms with Crippen molar-refractivity contribution in [1.82, 2.24) is 4.57 Å². The van der Waals surface area contributed by atoms with Crippen LogP contribution in [0.1, 0.15) is 16.6 Å². The maximum absolute atomic E-state index is 13.2. The predicted octanol–water partition coefficient (Wildman–Crippen LogP) is 5.37. The number of benzene rings is 2. The smallest absolute Gasteiger partial charge is 0.344 e. The molecule has 1 nitrogen and oxygen atoms in total. The molecule has 2 aromatic carbocycles. The number of alkyl halides is 6. The Kier molecular flexibility index (Phi) is 2.11. The lowest BCUT2D eigenvalue weighted by Crippen LogP contribution is -2.04. The summed E-state index contributed by atoms with van der Waals surface area (Å²) in [6, 6.07) is -2.71. The lowest BCUT2D eigenvalue weighted by atomic mass is 10.1. The van der Waals surface area contributed by atoms with E-state index in [0.717, 1.165) is 12.1 Å². The van der Waals surface area contributed by atoms with Gasteiger partial charge in [0.05, 0.1) is 16.6 Å². The molecule has 0 radical (unpaired) electrons. The molecular weight excluding hydrogens is 308 g/mol. The van der Waals surface area contributed by atoms with Crippen molar-refractivity contribution in [2.24, 2.45) is 7.05 Å². The summed E-state index contributed by atoms with van der Waals surface area (Å²) in [4.78, 5) is 0. The Labute approximate surface area is 126 Å². The van der Waals surface area contributed by atoms with Gasteiger partial charge in [-0.1, -0.05) is 0 Å². The Morgan fingerprint density at radius 2 is 1.18 bits per heavy atom. The van der Waals surface area contributed by atoms with Gasteiger partial charge in [0, 0.05) is 28.9 Å². The van der Waals surface area contributed by atoms with E-state index >= 15 is 0 Å². The minimum atomic E-state index is -5.05. The van der Waals surface area contributed by atoms with E-state index in [0.29, 0.717) is 0 Å². The van der Waals surface area contributed by atoms with Crippen molar-refractivity contribution in [2.75, 3.05) is 0 Å². The van der Waals surface area contributed by atoms with Gasteiger partial charge in [-0.25, -0.2) is 0 Å². The first-order chi connectivity index (χ1) is 11.8. The zero-order chi connectivity index (χ0) is 19.8. The summed E-state index contributed by atoms with van der Waals surface area (Å²) in [6.45, 7) is 0. The van der Waals surface area contributed by atoms with E-state index in [1.807, 2.05) is 0 Å². The molecule has 0 bridgehead atoms. The summed E-state index contributed by atoms with van der Waals surface area (Å²) in [5.41, 5.74) is -3.34. The average molecular weight is 321 g/mol. The van der Waals surface area contributed by atoms with Crippen LogP contribution in [0.25, 0.3) is 21.8 Å². The molecular formula is C15H9F6N. The van der Waals surface area contributed by atoms with Crippen LogP contribution in [0.4, 0.5) is 26.3 Å². The molecule has 1 heterocycles. The van der Waals surface area contributed by atoms with Gasteiger partial charge in [0.2, 0.25) is 0 Å². The van der Waals surface area contributed by atoms with Crippen LogP contribution in [0.15, 0.2) is 36.3 Å². The first-order valence-electron chi connectivity index (χ1n) is 7.93. The number of halogens is 6. The SMILES string of the molecule is [2H]c1cc2c(c([2H])c1C(F)(F)F)c1c([2H])c(C(F)(F)F)c([2H])cc1n2C. The number of nitrogens with zero attached hydrogens (tertiary/aromatic N) is 1. The van der Waals surface area contributed by atoms with E-state index in [2.05, 4.69) is 0 Å². The minimum Gasteiger partial charge on any atom is -0.344 e. The molecule has 0 spiro atoms. The van der Waals surface area contributed by atoms with Crippen molar-refractivity contribution in [3.05, 3.63) is 47.4 Å². The third-order valence-electron chi connectivity index (χ3n) is 3.26. The largest absolute Gasteiger partial charge is 0.416 e. The van der Waals surface area contributed by atoms with Crippen molar-refractivity contribution in [3.8, 4) is 0 Å². The highest BCUT2D eigenvalue weighted by Crippen LogP contribution is 2.37. The summed E-state index contributed by atoms with van der Waals surface area (Å²) in [5.74, 6) is 0. The molecule has 0 saturated heterocycles. The van der Waals surface area contributed by atoms with E-state index in [-0.39, 0.29) is 11.0 Å². The van der Waals surface area contributed by atoms with Crippen molar-refractivity contribution in [3.63, 3.8) is 0 Å². The summed E-state index contributed by atoms with van der Waals surface area (Å²) < 4.78 is 111. The molecule has 0 aliphatic rings. The summed E-state index contributed by atoms with van der Waals surface area (Å²) in [7, 11) is 1.32. The molecule has 0 N–H and O–H groups in total. The van der Waals surface area contributed by atoms with Gasteiger partial charge >= 0.3 is 12.4 Å². The molecule has 0 saturated carbocycles. The van der Waals surface area contributed by atoms with E-state index in [9.17, 15) is 26.3 Å². The Bertz CT molecular complexity index is 982. The van der Waals surface area contributed by atoms with Gasteiger partial charge in [-0.2, -0.15) is 26.3 Å². The van der Waals surface area contributed by atoms with Gasteiger partial charge in [-0.3, -0.25) is 0 Å². The molecule has 1 aromatic heterocycles. The second kappa shape index (κ2) is 4.41. The van der Waals surface area contributed by atoms with E-state index < -0.39 is 58.4 Å². The van der Waals surface area contributed by atoms with Crippen LogP contribution in [0.2, 0.25) is 0 Å². The fourth-order valence-corrected chi connectivity index (χ4v) is 2.22. The standard InChI is InChI=1S/C15H9F6N/c1-22-12-4-2-8(14(16,17)18)6-10(12)11-7-9(15(19,20)21)3-5-13(11)22/h2-7H,1H3/i2D,3D,6D,7D. The summed E-state index contributed by atoms with van der Waals surface area (Å²) in [5, 5.41) is -0.998. The molecule has 0 fully saturated rings. The number of hydrogen-bond acceptors (Lipinski definition) is 0. The fourth-order valence-electron chi connectivity index (χ4n) is 2.22. The summed E-state index contributed by atoms with van der Waals surface area (Å²) in [6.07, 6.45) is -10.1. The van der Waals surface area contributed by atoms with Crippen LogP contribution in [0.5, 0.6) is 0 Å². The zero-order valence-corrected chi connectivity index (χ0v) is 10.9. The lowest BCUT2D eigenvalue weighted by Gasteiger charge is -2.07. The van der Waals surface area contributed by atoms with E-state index in [1.165, 1.54) is 11.6 Å². The van der Waals surface area contributed by atoms with Crippen LogP contribution in [0.3, 0.4) is 0 Å². The molecule has 22 heavy (non-hydrogen) atoms. The van der Waals surface area contributed by atoms with Crippen molar-refractivity contribution < 1.29 is 31.8 Å². The average Bonchev–Trinajstić information content (AvgIpc) is 2.70. The van der Waals surface area contributed by atoms with E-state index in [4.69, 9.17) is 5.48 Å². The van der Waals surface area contributed by atoms with Crippen molar-refractivity contribution >= 4 is 21.8 Å². The molecule has 0 aliphatic heterocycles. The topological polar surface area (TPSA) is 4.93 Å². The van der Waals surface area contributed by atoms with Crippen LogP contribution in [0, 0.1) is 0 Å². The van der Waals surface area contributed by atoms with Gasteiger partial charge < -0.3 is 4.57 Å². The molecule has 0 amide bonds. The second-order valence-electron chi connectivity index (χ2n) is 4.65. The highest BCUT2D eigenvalue weighted by atomic mass is 19.4. The Hall–Kier alpha value is -2.18. The fraction of sp³-hybridized carbons (Fsp3) is 0.200. The number of aryl methyl sites for hydroxylation is 1. The molecule has 3 rings (SSSR count). The predicted molar refractivity (Wildman–Crippen MR) is 70.4 cm³/mol. The maximum atomic E-state index is 13.2. The molecule has 7 heteroatoms. The first kappa shape index (κ1) is 10.5. The Balaban J connectivity index is 2.64. The number of rotatable bonds is 0. The quantitative estimate of drug-likeness (QED) is 0.491. The summed E-state index contributed by atoms with van der Waals surface area (Å²) >= 11 is 0. The normalized spacial score (nSPS) is 15.8. The Morgan fingerprint density at radius 1 is 0.818 bits per heavy atom. The molecule has 116 valence electrons. The van der Waals surface area contributed by atoms with Gasteiger partial charge in [0.15, 0.2) is 0 Å². The third kappa shape index (κ3) is 2.20. The number of hydrogen-bond donors (Lipinski definition) is 0. The molecule has 3 aromatic rings. The highest BCUT2D eigenvalue weighted by molar-refractivity contribution is 6.08. The molecule has 0 atom stereocenters. The minimum absolute atomic E-state index is 0.0878. The van der Waals surface area contributed by atoms with Gasteiger partial charge in [0.1, 0.15) is 0 Å². The highest BCUT2D eigenvalue weighted by Gasteiger charge is 2.32. The second-order valence-corrected chi connectivity index (χ2v) is 4.65. The zero-order valence-electron chi connectivity index (χ0n) is 14.9. The first-order valence-corrected chi connectivity index (χ1v) is 5.93. The van der Waals surface area contributed by atoms with Gasteiger partial charge in [-0.15, -0.1) is 0 Å². The van der Waals surface area contributed by atoms with Crippen LogP contribution in [-0.4, -0.2) is 4.57 Å². The number of aromatic nitrogens is 1. The van der Waals surface area contributed by atoms with Crippen LogP contribution >= 0.6 is 0 Å². The van der Waals surface area contributed by atoms with E-state index in [1.54, 1.807) is 0 Å². The van der Waals surface area contributed by atoms with Gasteiger partial charge in [0.25, 0.3) is 0 Å².